The minimum atomic E-state index is -0.104. The molecule has 0 bridgehead atoms. The molecule has 2 aromatic carbocycles. The molecule has 7 nitrogen and oxygen atoms in total. The summed E-state index contributed by atoms with van der Waals surface area (Å²) in [5.41, 5.74) is 2.27. The normalized spacial score (nSPS) is 14.2. The molecule has 0 saturated carbocycles. The highest BCUT2D eigenvalue weighted by Crippen LogP contribution is 2.26. The Bertz CT molecular complexity index is 1210. The van der Waals surface area contributed by atoms with Gasteiger partial charge in [0.2, 0.25) is 11.9 Å². The van der Waals surface area contributed by atoms with Crippen LogP contribution in [0.4, 0.5) is 5.95 Å². The number of thioether (sulfide) groups is 1. The van der Waals surface area contributed by atoms with Crippen molar-refractivity contribution in [1.82, 2.24) is 20.1 Å². The van der Waals surface area contributed by atoms with Gasteiger partial charge in [-0.1, -0.05) is 72.4 Å². The lowest BCUT2D eigenvalue weighted by Crippen LogP contribution is -2.31. The van der Waals surface area contributed by atoms with Crippen LogP contribution in [-0.2, 0) is 17.8 Å². The van der Waals surface area contributed by atoms with Crippen molar-refractivity contribution in [3.63, 3.8) is 0 Å². The topological polar surface area (TPSA) is 76.2 Å². The van der Waals surface area contributed by atoms with Crippen molar-refractivity contribution in [2.24, 2.45) is 0 Å². The summed E-state index contributed by atoms with van der Waals surface area (Å²) in [4.78, 5) is 15.3. The molecule has 1 unspecified atom stereocenters. The van der Waals surface area contributed by atoms with Gasteiger partial charge in [-0.2, -0.15) is 0 Å². The van der Waals surface area contributed by atoms with Gasteiger partial charge in [0.15, 0.2) is 5.16 Å². The summed E-state index contributed by atoms with van der Waals surface area (Å²) in [5, 5.41) is 12.8. The number of amides is 1. The maximum absolute atomic E-state index is 13.1. The molecule has 3 heterocycles. The Morgan fingerprint density at radius 1 is 0.971 bits per heavy atom. The highest BCUT2D eigenvalue weighted by Gasteiger charge is 2.23. The highest BCUT2D eigenvalue weighted by atomic mass is 32.2. The highest BCUT2D eigenvalue weighted by molar-refractivity contribution is 7.99. The predicted octanol–water partition coefficient (Wildman–Crippen LogP) is 4.71. The number of benzene rings is 2. The van der Waals surface area contributed by atoms with E-state index in [9.17, 15) is 4.79 Å². The first kappa shape index (κ1) is 23.2. The zero-order chi connectivity index (χ0) is 23.9. The first-order chi connectivity index (χ1) is 17.3. The van der Waals surface area contributed by atoms with E-state index in [2.05, 4.69) is 49.2 Å². The Hall–Kier alpha value is -3.52. The van der Waals surface area contributed by atoms with Crippen LogP contribution < -0.4 is 10.2 Å². The lowest BCUT2D eigenvalue weighted by atomic mass is 9.99. The number of anilines is 1. The second kappa shape index (κ2) is 11.3. The van der Waals surface area contributed by atoms with E-state index < -0.39 is 0 Å². The second-order valence-electron chi connectivity index (χ2n) is 8.65. The molecular weight excluding hydrogens is 458 g/mol. The van der Waals surface area contributed by atoms with E-state index >= 15 is 0 Å². The van der Waals surface area contributed by atoms with E-state index in [-0.39, 0.29) is 17.7 Å². The number of hydrogen-bond donors (Lipinski definition) is 1. The molecule has 2 aromatic heterocycles. The fraction of sp³-hybridized carbons (Fsp3) is 0.296. The molecule has 8 heteroatoms. The van der Waals surface area contributed by atoms with Crippen molar-refractivity contribution in [3.8, 4) is 0 Å². The third-order valence-corrected chi connectivity index (χ3v) is 7.10. The zero-order valence-corrected chi connectivity index (χ0v) is 20.4. The SMILES string of the molecule is O=C(CSc1nnc(N2CCCC2)n1Cc1ccco1)NC(Cc1ccccc1)c1ccccc1. The third kappa shape index (κ3) is 5.95. The molecule has 1 saturated heterocycles. The van der Waals surface area contributed by atoms with Crippen LogP contribution in [0.15, 0.2) is 88.6 Å². The monoisotopic (exact) mass is 487 g/mol. The van der Waals surface area contributed by atoms with Gasteiger partial charge in [-0.25, -0.2) is 0 Å². The summed E-state index contributed by atoms with van der Waals surface area (Å²) in [7, 11) is 0. The molecule has 0 radical (unpaired) electrons. The number of carbonyl (C=O) groups is 1. The van der Waals surface area contributed by atoms with Gasteiger partial charge in [0, 0.05) is 13.1 Å². The van der Waals surface area contributed by atoms with Crippen LogP contribution in [0.2, 0.25) is 0 Å². The maximum Gasteiger partial charge on any atom is 0.230 e. The maximum atomic E-state index is 13.1. The Morgan fingerprint density at radius 3 is 2.43 bits per heavy atom. The molecule has 1 amide bonds. The molecule has 0 spiro atoms. The van der Waals surface area contributed by atoms with E-state index in [1.54, 1.807) is 6.26 Å². The minimum Gasteiger partial charge on any atom is -0.467 e. The average molecular weight is 488 g/mol. The molecule has 4 aromatic rings. The minimum absolute atomic E-state index is 0.0324. The van der Waals surface area contributed by atoms with Crippen LogP contribution in [0.5, 0.6) is 0 Å². The fourth-order valence-electron chi connectivity index (χ4n) is 4.39. The van der Waals surface area contributed by atoms with Crippen molar-refractivity contribution in [2.75, 3.05) is 23.7 Å². The standard InChI is InChI=1S/C27H29N5O2S/c33-25(28-24(22-12-5-2-6-13-22)18-21-10-3-1-4-11-21)20-35-27-30-29-26(31-15-7-8-16-31)32(27)19-23-14-9-17-34-23/h1-6,9-14,17,24H,7-8,15-16,18-20H2,(H,28,33). The second-order valence-corrected chi connectivity index (χ2v) is 9.59. The third-order valence-electron chi connectivity index (χ3n) is 6.13. The van der Waals surface area contributed by atoms with E-state index in [4.69, 9.17) is 4.42 Å². The Kier molecular flexibility index (Phi) is 7.48. The van der Waals surface area contributed by atoms with Crippen LogP contribution in [0.1, 0.15) is 35.8 Å². The fourth-order valence-corrected chi connectivity index (χ4v) is 5.13. The molecule has 1 aliphatic heterocycles. The van der Waals surface area contributed by atoms with Crippen LogP contribution in [0.25, 0.3) is 0 Å². The Morgan fingerprint density at radius 2 is 1.71 bits per heavy atom. The number of aromatic nitrogens is 3. The number of carbonyl (C=O) groups excluding carboxylic acids is 1. The molecule has 180 valence electrons. The zero-order valence-electron chi connectivity index (χ0n) is 19.5. The van der Waals surface area contributed by atoms with Crippen molar-refractivity contribution in [2.45, 2.75) is 37.0 Å². The van der Waals surface area contributed by atoms with E-state index in [0.717, 1.165) is 54.8 Å². The van der Waals surface area contributed by atoms with Crippen molar-refractivity contribution in [3.05, 3.63) is 95.9 Å². The molecule has 5 rings (SSSR count). The lowest BCUT2D eigenvalue weighted by molar-refractivity contribution is -0.119. The van der Waals surface area contributed by atoms with Gasteiger partial charge in [-0.05, 0) is 42.5 Å². The van der Waals surface area contributed by atoms with E-state index in [1.165, 1.54) is 17.3 Å². The Labute approximate surface area is 209 Å². The summed E-state index contributed by atoms with van der Waals surface area (Å²) in [6.07, 6.45) is 4.71. The quantitative estimate of drug-likeness (QED) is 0.327. The molecule has 1 fully saturated rings. The van der Waals surface area contributed by atoms with Gasteiger partial charge in [-0.3, -0.25) is 9.36 Å². The number of nitrogens with one attached hydrogen (secondary N) is 1. The summed E-state index contributed by atoms with van der Waals surface area (Å²) in [6.45, 7) is 2.48. The predicted molar refractivity (Wildman–Crippen MR) is 137 cm³/mol. The van der Waals surface area contributed by atoms with Crippen LogP contribution in [0, 0.1) is 0 Å². The number of hydrogen-bond acceptors (Lipinski definition) is 6. The Balaban J connectivity index is 1.28. The van der Waals surface area contributed by atoms with Gasteiger partial charge in [0.1, 0.15) is 5.76 Å². The lowest BCUT2D eigenvalue weighted by Gasteiger charge is -2.20. The first-order valence-electron chi connectivity index (χ1n) is 12.0. The average Bonchev–Trinajstić information content (AvgIpc) is 3.67. The van der Waals surface area contributed by atoms with Crippen LogP contribution >= 0.6 is 11.8 Å². The summed E-state index contributed by atoms with van der Waals surface area (Å²) in [5.74, 6) is 1.90. The summed E-state index contributed by atoms with van der Waals surface area (Å²) >= 11 is 1.41. The summed E-state index contributed by atoms with van der Waals surface area (Å²) < 4.78 is 7.64. The molecule has 1 aliphatic rings. The van der Waals surface area contributed by atoms with Gasteiger partial charge in [0.05, 0.1) is 24.6 Å². The van der Waals surface area contributed by atoms with Gasteiger partial charge >= 0.3 is 0 Å². The number of furan rings is 1. The van der Waals surface area contributed by atoms with Crippen molar-refractivity contribution < 1.29 is 9.21 Å². The molecule has 1 atom stereocenters. The molecule has 1 N–H and O–H groups in total. The van der Waals surface area contributed by atoms with Crippen molar-refractivity contribution >= 4 is 23.6 Å². The van der Waals surface area contributed by atoms with Crippen LogP contribution in [-0.4, -0.2) is 39.5 Å². The molecule has 35 heavy (non-hydrogen) atoms. The van der Waals surface area contributed by atoms with Gasteiger partial charge in [-0.15, -0.1) is 10.2 Å². The summed E-state index contributed by atoms with van der Waals surface area (Å²) in [6, 6.07) is 24.1. The van der Waals surface area contributed by atoms with Gasteiger partial charge in [0.25, 0.3) is 0 Å². The molecule has 0 aliphatic carbocycles. The number of rotatable bonds is 10. The largest absolute Gasteiger partial charge is 0.467 e. The van der Waals surface area contributed by atoms with Crippen LogP contribution in [0.3, 0.4) is 0 Å². The van der Waals surface area contributed by atoms with Gasteiger partial charge < -0.3 is 14.6 Å². The number of nitrogens with zero attached hydrogens (tertiary/aromatic N) is 4. The van der Waals surface area contributed by atoms with E-state index in [0.29, 0.717) is 6.54 Å². The van der Waals surface area contributed by atoms with Crippen molar-refractivity contribution in [1.29, 1.82) is 0 Å². The molecular formula is C27H29N5O2S. The first-order valence-corrected chi connectivity index (χ1v) is 13.0. The van der Waals surface area contributed by atoms with E-state index in [1.807, 2.05) is 48.5 Å². The smallest absolute Gasteiger partial charge is 0.230 e.